The molecule has 0 aliphatic rings. The third-order valence-corrected chi connectivity index (χ3v) is 3.15. The molecule has 0 fully saturated rings. The fraction of sp³-hybridized carbons (Fsp3) is 0.400. The SMILES string of the molecule is CC(C)N(CCO)Cc1ccn(-c2ccccc2)n1. The number of rotatable bonds is 6. The Labute approximate surface area is 114 Å². The van der Waals surface area contributed by atoms with Gasteiger partial charge in [-0.05, 0) is 32.0 Å². The minimum Gasteiger partial charge on any atom is -0.395 e. The van der Waals surface area contributed by atoms with Crippen LogP contribution in [0, 0.1) is 0 Å². The van der Waals surface area contributed by atoms with Gasteiger partial charge in [0.05, 0.1) is 18.0 Å². The van der Waals surface area contributed by atoms with Crippen LogP contribution in [0.15, 0.2) is 42.6 Å². The van der Waals surface area contributed by atoms with Gasteiger partial charge in [0.1, 0.15) is 0 Å². The summed E-state index contributed by atoms with van der Waals surface area (Å²) in [4.78, 5) is 2.21. The van der Waals surface area contributed by atoms with Crippen molar-refractivity contribution in [2.45, 2.75) is 26.4 Å². The first kappa shape index (κ1) is 13.8. The zero-order valence-electron chi connectivity index (χ0n) is 11.5. The van der Waals surface area contributed by atoms with Gasteiger partial charge in [0.15, 0.2) is 0 Å². The molecule has 0 aliphatic carbocycles. The van der Waals surface area contributed by atoms with E-state index in [4.69, 9.17) is 5.11 Å². The highest BCUT2D eigenvalue weighted by molar-refractivity contribution is 5.30. The van der Waals surface area contributed by atoms with E-state index >= 15 is 0 Å². The van der Waals surface area contributed by atoms with Gasteiger partial charge in [0.25, 0.3) is 0 Å². The molecule has 0 saturated heterocycles. The van der Waals surface area contributed by atoms with Gasteiger partial charge >= 0.3 is 0 Å². The largest absolute Gasteiger partial charge is 0.395 e. The van der Waals surface area contributed by atoms with Gasteiger partial charge in [-0.2, -0.15) is 5.10 Å². The molecule has 0 aliphatic heterocycles. The van der Waals surface area contributed by atoms with Crippen LogP contribution >= 0.6 is 0 Å². The lowest BCUT2D eigenvalue weighted by molar-refractivity contribution is 0.157. The van der Waals surface area contributed by atoms with Crippen molar-refractivity contribution in [3.63, 3.8) is 0 Å². The Balaban J connectivity index is 2.09. The lowest BCUT2D eigenvalue weighted by atomic mass is 10.3. The van der Waals surface area contributed by atoms with Crippen LogP contribution in [0.4, 0.5) is 0 Å². The molecule has 0 radical (unpaired) electrons. The summed E-state index contributed by atoms with van der Waals surface area (Å²) in [5.74, 6) is 0. The highest BCUT2D eigenvalue weighted by Crippen LogP contribution is 2.10. The van der Waals surface area contributed by atoms with Gasteiger partial charge in [0, 0.05) is 25.3 Å². The molecule has 1 N–H and O–H groups in total. The van der Waals surface area contributed by atoms with Gasteiger partial charge in [0.2, 0.25) is 0 Å². The highest BCUT2D eigenvalue weighted by Gasteiger charge is 2.11. The van der Waals surface area contributed by atoms with Crippen molar-refractivity contribution >= 4 is 0 Å². The predicted octanol–water partition coefficient (Wildman–Crippen LogP) is 2.08. The Morgan fingerprint density at radius 3 is 2.58 bits per heavy atom. The van der Waals surface area contributed by atoms with Crippen molar-refractivity contribution in [2.75, 3.05) is 13.2 Å². The molecule has 0 atom stereocenters. The number of aromatic nitrogens is 2. The molecule has 0 spiro atoms. The Morgan fingerprint density at radius 2 is 1.95 bits per heavy atom. The Bertz CT molecular complexity index is 493. The Hall–Kier alpha value is -1.65. The molecule has 4 nitrogen and oxygen atoms in total. The summed E-state index contributed by atoms with van der Waals surface area (Å²) >= 11 is 0. The maximum absolute atomic E-state index is 9.08. The van der Waals surface area contributed by atoms with Crippen LogP contribution in [-0.2, 0) is 6.54 Å². The summed E-state index contributed by atoms with van der Waals surface area (Å²) < 4.78 is 1.88. The third kappa shape index (κ3) is 3.66. The molecule has 0 bridgehead atoms. The maximum Gasteiger partial charge on any atom is 0.0769 e. The van der Waals surface area contributed by atoms with Crippen molar-refractivity contribution in [3.8, 4) is 5.69 Å². The van der Waals surface area contributed by atoms with Crippen LogP contribution in [0.2, 0.25) is 0 Å². The fourth-order valence-electron chi connectivity index (χ4n) is 2.03. The van der Waals surface area contributed by atoms with E-state index in [9.17, 15) is 0 Å². The topological polar surface area (TPSA) is 41.3 Å². The summed E-state index contributed by atoms with van der Waals surface area (Å²) in [6.07, 6.45) is 1.97. The second kappa shape index (κ2) is 6.50. The Morgan fingerprint density at radius 1 is 1.21 bits per heavy atom. The molecule has 0 amide bonds. The summed E-state index contributed by atoms with van der Waals surface area (Å²) in [6.45, 7) is 5.87. The predicted molar refractivity (Wildman–Crippen MR) is 76.2 cm³/mol. The fourth-order valence-corrected chi connectivity index (χ4v) is 2.03. The molecule has 2 aromatic rings. The third-order valence-electron chi connectivity index (χ3n) is 3.15. The second-order valence-electron chi connectivity index (χ2n) is 4.88. The summed E-state index contributed by atoms with van der Waals surface area (Å²) in [5, 5.41) is 13.7. The van der Waals surface area contributed by atoms with E-state index in [0.29, 0.717) is 12.6 Å². The first-order valence-electron chi connectivity index (χ1n) is 6.65. The Kier molecular flexibility index (Phi) is 4.71. The normalized spacial score (nSPS) is 11.4. The molecule has 1 aromatic heterocycles. The lowest BCUT2D eigenvalue weighted by Crippen LogP contribution is -2.33. The van der Waals surface area contributed by atoms with E-state index in [1.54, 1.807) is 0 Å². The average Bonchev–Trinajstić information content (AvgIpc) is 2.88. The number of benzene rings is 1. The van der Waals surface area contributed by atoms with Gasteiger partial charge in [-0.1, -0.05) is 18.2 Å². The highest BCUT2D eigenvalue weighted by atomic mass is 16.3. The number of aliphatic hydroxyl groups is 1. The number of hydrogen-bond donors (Lipinski definition) is 1. The van der Waals surface area contributed by atoms with Crippen molar-refractivity contribution in [1.82, 2.24) is 14.7 Å². The molecule has 1 aromatic carbocycles. The van der Waals surface area contributed by atoms with Crippen LogP contribution < -0.4 is 0 Å². The molecular formula is C15H21N3O. The molecule has 4 heteroatoms. The minimum absolute atomic E-state index is 0.178. The van der Waals surface area contributed by atoms with Gasteiger partial charge < -0.3 is 5.11 Å². The van der Waals surface area contributed by atoms with E-state index in [0.717, 1.165) is 17.9 Å². The van der Waals surface area contributed by atoms with Crippen molar-refractivity contribution in [3.05, 3.63) is 48.3 Å². The van der Waals surface area contributed by atoms with Crippen molar-refractivity contribution in [2.24, 2.45) is 0 Å². The van der Waals surface area contributed by atoms with Gasteiger partial charge in [-0.3, -0.25) is 4.90 Å². The lowest BCUT2D eigenvalue weighted by Gasteiger charge is -2.24. The number of hydrogen-bond acceptors (Lipinski definition) is 3. The number of para-hydroxylation sites is 1. The standard InChI is InChI=1S/C15H21N3O/c1-13(2)17(10-11-19)12-14-8-9-18(16-14)15-6-4-3-5-7-15/h3-9,13,19H,10-12H2,1-2H3. The maximum atomic E-state index is 9.08. The van der Waals surface area contributed by atoms with Gasteiger partial charge in [-0.25, -0.2) is 4.68 Å². The van der Waals surface area contributed by atoms with Crippen LogP contribution in [0.5, 0.6) is 0 Å². The molecule has 2 rings (SSSR count). The first-order chi connectivity index (χ1) is 9.20. The molecule has 19 heavy (non-hydrogen) atoms. The van der Waals surface area contributed by atoms with Crippen LogP contribution in [0.25, 0.3) is 5.69 Å². The van der Waals surface area contributed by atoms with Crippen LogP contribution in [0.1, 0.15) is 19.5 Å². The molecular weight excluding hydrogens is 238 g/mol. The molecule has 1 heterocycles. The van der Waals surface area contributed by atoms with Crippen LogP contribution in [-0.4, -0.2) is 39.0 Å². The average molecular weight is 259 g/mol. The minimum atomic E-state index is 0.178. The van der Waals surface area contributed by atoms with Gasteiger partial charge in [-0.15, -0.1) is 0 Å². The first-order valence-corrected chi connectivity index (χ1v) is 6.65. The van der Waals surface area contributed by atoms with E-state index in [-0.39, 0.29) is 6.61 Å². The van der Waals surface area contributed by atoms with E-state index in [1.807, 2.05) is 47.3 Å². The number of nitrogens with zero attached hydrogens (tertiary/aromatic N) is 3. The number of aliphatic hydroxyl groups excluding tert-OH is 1. The van der Waals surface area contributed by atoms with Crippen molar-refractivity contribution in [1.29, 1.82) is 0 Å². The molecule has 0 saturated carbocycles. The summed E-state index contributed by atoms with van der Waals surface area (Å²) in [6, 6.07) is 12.5. The van der Waals surface area contributed by atoms with E-state index in [2.05, 4.69) is 23.8 Å². The van der Waals surface area contributed by atoms with E-state index < -0.39 is 0 Å². The zero-order chi connectivity index (χ0) is 13.7. The zero-order valence-corrected chi connectivity index (χ0v) is 11.5. The summed E-state index contributed by atoms with van der Waals surface area (Å²) in [5.41, 5.74) is 2.08. The van der Waals surface area contributed by atoms with E-state index in [1.165, 1.54) is 0 Å². The second-order valence-corrected chi connectivity index (χ2v) is 4.88. The molecule has 102 valence electrons. The van der Waals surface area contributed by atoms with Crippen molar-refractivity contribution < 1.29 is 5.11 Å². The summed E-state index contributed by atoms with van der Waals surface area (Å²) in [7, 11) is 0. The van der Waals surface area contributed by atoms with Crippen LogP contribution in [0.3, 0.4) is 0 Å². The monoisotopic (exact) mass is 259 g/mol. The molecule has 0 unspecified atom stereocenters. The smallest absolute Gasteiger partial charge is 0.0769 e. The quantitative estimate of drug-likeness (QED) is 0.863.